The fourth-order valence-electron chi connectivity index (χ4n) is 3.17. The number of carbonyl (C=O) groups is 1. The third-order valence-corrected chi connectivity index (χ3v) is 4.46. The molecule has 1 saturated heterocycles. The summed E-state index contributed by atoms with van der Waals surface area (Å²) < 4.78 is 0. The molecule has 0 aliphatic carbocycles. The lowest BCUT2D eigenvalue weighted by Gasteiger charge is -2.42. The Hall–Kier alpha value is -1.66. The van der Waals surface area contributed by atoms with Gasteiger partial charge in [-0.15, -0.1) is 0 Å². The molecule has 2 N–H and O–H groups in total. The minimum atomic E-state index is -0.715. The zero-order valence-electron chi connectivity index (χ0n) is 15.2. The van der Waals surface area contributed by atoms with E-state index in [2.05, 4.69) is 29.0 Å². The van der Waals surface area contributed by atoms with E-state index < -0.39 is 5.60 Å². The summed E-state index contributed by atoms with van der Waals surface area (Å²) in [7, 11) is 0. The number of hydrogen-bond donors (Lipinski definition) is 2. The van der Waals surface area contributed by atoms with Crippen LogP contribution in [0.3, 0.4) is 0 Å². The molecule has 0 saturated carbocycles. The Kier molecular flexibility index (Phi) is 6.18. The maximum atomic E-state index is 12.6. The largest absolute Gasteiger partial charge is 0.389 e. The van der Waals surface area contributed by atoms with E-state index >= 15 is 0 Å². The monoisotopic (exact) mass is 334 g/mol. The van der Waals surface area contributed by atoms with Gasteiger partial charge in [0.15, 0.2) is 0 Å². The third kappa shape index (κ3) is 5.18. The highest BCUT2D eigenvalue weighted by atomic mass is 16.3. The molecule has 1 aromatic rings. The highest BCUT2D eigenvalue weighted by molar-refractivity contribution is 5.75. The number of nitrogens with zero attached hydrogens (tertiary/aromatic N) is 3. The van der Waals surface area contributed by atoms with Crippen molar-refractivity contribution >= 4 is 6.03 Å². The topological polar surface area (TPSA) is 68.7 Å². The van der Waals surface area contributed by atoms with Crippen LogP contribution in [0.25, 0.3) is 0 Å². The molecule has 2 rings (SSSR count). The molecular weight excluding hydrogens is 304 g/mol. The Morgan fingerprint density at radius 3 is 2.62 bits per heavy atom. The highest BCUT2D eigenvalue weighted by Crippen LogP contribution is 2.18. The van der Waals surface area contributed by atoms with Crippen LogP contribution in [0.4, 0.5) is 4.79 Å². The van der Waals surface area contributed by atoms with Crippen LogP contribution in [0.1, 0.15) is 45.7 Å². The molecule has 1 aliphatic rings. The molecule has 6 heteroatoms. The number of rotatable bonds is 5. The van der Waals surface area contributed by atoms with Crippen molar-refractivity contribution in [1.82, 2.24) is 20.1 Å². The molecule has 2 amide bonds. The van der Waals surface area contributed by atoms with Crippen molar-refractivity contribution in [3.63, 3.8) is 0 Å². The number of nitrogens with one attached hydrogen (secondary N) is 1. The summed E-state index contributed by atoms with van der Waals surface area (Å²) in [6.45, 7) is 10.6. The summed E-state index contributed by atoms with van der Waals surface area (Å²) in [5.74, 6) is 0. The maximum Gasteiger partial charge on any atom is 0.317 e. The average molecular weight is 334 g/mol. The molecule has 24 heavy (non-hydrogen) atoms. The van der Waals surface area contributed by atoms with Gasteiger partial charge >= 0.3 is 6.03 Å². The summed E-state index contributed by atoms with van der Waals surface area (Å²) in [5, 5.41) is 13.1. The number of carbonyl (C=O) groups excluding carboxylic acids is 1. The Morgan fingerprint density at radius 1 is 1.42 bits per heavy atom. The number of β-amino-alcohol motifs (C(OH)–C–C–N with tert-alkyl or cyclic N) is 1. The first-order valence-electron chi connectivity index (χ1n) is 8.72. The first-order chi connectivity index (χ1) is 11.3. The molecule has 2 atom stereocenters. The van der Waals surface area contributed by atoms with Crippen molar-refractivity contribution in [1.29, 1.82) is 0 Å². The Labute approximate surface area is 144 Å². The average Bonchev–Trinajstić information content (AvgIpc) is 2.54. The van der Waals surface area contributed by atoms with Crippen LogP contribution in [-0.2, 0) is 0 Å². The van der Waals surface area contributed by atoms with Crippen molar-refractivity contribution in [3.05, 3.63) is 30.1 Å². The summed E-state index contributed by atoms with van der Waals surface area (Å²) in [5.41, 5.74) is 0.363. The smallest absolute Gasteiger partial charge is 0.317 e. The summed E-state index contributed by atoms with van der Waals surface area (Å²) in [6, 6.07) is 4.10. The SMILES string of the molecule is CC[C@H](NC(=O)N1CCN(CC(C)(C)O)[C@@H](C)C1)c1ccncc1. The van der Waals surface area contributed by atoms with Gasteiger partial charge < -0.3 is 15.3 Å². The van der Waals surface area contributed by atoms with E-state index in [1.165, 1.54) is 0 Å². The van der Waals surface area contributed by atoms with Gasteiger partial charge in [0.1, 0.15) is 0 Å². The summed E-state index contributed by atoms with van der Waals surface area (Å²) in [6.07, 6.45) is 4.34. The minimum Gasteiger partial charge on any atom is -0.389 e. The fourth-order valence-corrected chi connectivity index (χ4v) is 3.17. The predicted molar refractivity (Wildman–Crippen MR) is 94.7 cm³/mol. The lowest BCUT2D eigenvalue weighted by atomic mass is 10.1. The van der Waals surface area contributed by atoms with Crippen molar-refractivity contribution in [2.45, 2.75) is 51.8 Å². The summed E-state index contributed by atoms with van der Waals surface area (Å²) >= 11 is 0. The minimum absolute atomic E-state index is 0.00482. The number of urea groups is 1. The molecule has 1 aliphatic heterocycles. The van der Waals surface area contributed by atoms with Gasteiger partial charge in [0.05, 0.1) is 11.6 Å². The van der Waals surface area contributed by atoms with Gasteiger partial charge in [0.2, 0.25) is 0 Å². The zero-order chi connectivity index (χ0) is 17.7. The highest BCUT2D eigenvalue weighted by Gasteiger charge is 2.30. The van der Waals surface area contributed by atoms with Crippen molar-refractivity contribution in [2.75, 3.05) is 26.2 Å². The number of pyridine rings is 1. The third-order valence-electron chi connectivity index (χ3n) is 4.46. The Balaban J connectivity index is 1.92. The van der Waals surface area contributed by atoms with E-state index in [0.29, 0.717) is 19.6 Å². The molecule has 1 fully saturated rings. The van der Waals surface area contributed by atoms with Crippen molar-refractivity contribution in [2.24, 2.45) is 0 Å². The van der Waals surface area contributed by atoms with Gasteiger partial charge in [-0.3, -0.25) is 9.88 Å². The number of piperazine rings is 1. The molecular formula is C18H30N4O2. The Morgan fingerprint density at radius 2 is 2.08 bits per heavy atom. The van der Waals surface area contributed by atoms with E-state index in [9.17, 15) is 9.90 Å². The lowest BCUT2D eigenvalue weighted by molar-refractivity contribution is 0.00275. The molecule has 0 radical (unpaired) electrons. The zero-order valence-corrected chi connectivity index (χ0v) is 15.2. The first kappa shape index (κ1) is 18.7. The van der Waals surface area contributed by atoms with Crippen LogP contribution in [0.2, 0.25) is 0 Å². The standard InChI is InChI=1S/C18H30N4O2/c1-5-16(15-6-8-19-9-7-15)20-17(23)21-10-11-22(14(2)12-21)13-18(3,4)24/h6-9,14,16,24H,5,10-13H2,1-4H3,(H,20,23)/t14-,16-/m0/s1. The van der Waals surface area contributed by atoms with E-state index in [-0.39, 0.29) is 18.1 Å². The van der Waals surface area contributed by atoms with Gasteiger partial charge in [0.25, 0.3) is 0 Å². The fraction of sp³-hybridized carbons (Fsp3) is 0.667. The molecule has 1 aromatic heterocycles. The maximum absolute atomic E-state index is 12.6. The van der Waals surface area contributed by atoms with Crippen LogP contribution in [-0.4, -0.2) is 63.7 Å². The Bertz CT molecular complexity index is 530. The molecule has 6 nitrogen and oxygen atoms in total. The molecule has 2 heterocycles. The van der Waals surface area contributed by atoms with E-state index in [1.807, 2.05) is 30.9 Å². The van der Waals surface area contributed by atoms with Crippen molar-refractivity contribution in [3.8, 4) is 0 Å². The quantitative estimate of drug-likeness (QED) is 0.864. The predicted octanol–water partition coefficient (Wildman–Crippen LogP) is 2.02. The second kappa shape index (κ2) is 7.94. The van der Waals surface area contributed by atoms with E-state index in [0.717, 1.165) is 18.5 Å². The normalized spacial score (nSPS) is 20.7. The van der Waals surface area contributed by atoms with Gasteiger partial charge in [-0.05, 0) is 44.9 Å². The lowest BCUT2D eigenvalue weighted by Crippen LogP contribution is -2.58. The first-order valence-corrected chi connectivity index (χ1v) is 8.72. The summed E-state index contributed by atoms with van der Waals surface area (Å²) in [4.78, 5) is 20.7. The van der Waals surface area contributed by atoms with Gasteiger partial charge in [-0.25, -0.2) is 4.79 Å². The van der Waals surface area contributed by atoms with Crippen LogP contribution in [0.5, 0.6) is 0 Å². The molecule has 134 valence electrons. The molecule has 0 unspecified atom stereocenters. The van der Waals surface area contributed by atoms with Gasteiger partial charge in [0, 0.05) is 44.6 Å². The van der Waals surface area contributed by atoms with Crippen molar-refractivity contribution < 1.29 is 9.90 Å². The number of hydrogen-bond acceptors (Lipinski definition) is 4. The molecule has 0 spiro atoms. The number of aliphatic hydroxyl groups is 1. The van der Waals surface area contributed by atoms with Crippen LogP contribution < -0.4 is 5.32 Å². The second-order valence-electron chi connectivity index (χ2n) is 7.27. The molecule has 0 aromatic carbocycles. The van der Waals surface area contributed by atoms with Gasteiger partial charge in [-0.2, -0.15) is 0 Å². The van der Waals surface area contributed by atoms with E-state index in [1.54, 1.807) is 12.4 Å². The van der Waals surface area contributed by atoms with Crippen LogP contribution >= 0.6 is 0 Å². The van der Waals surface area contributed by atoms with Crippen LogP contribution in [0.15, 0.2) is 24.5 Å². The second-order valence-corrected chi connectivity index (χ2v) is 7.27. The molecule has 0 bridgehead atoms. The number of aromatic nitrogens is 1. The van der Waals surface area contributed by atoms with Crippen LogP contribution in [0, 0.1) is 0 Å². The van der Waals surface area contributed by atoms with E-state index in [4.69, 9.17) is 0 Å². The number of amides is 2. The van der Waals surface area contributed by atoms with Gasteiger partial charge in [-0.1, -0.05) is 6.92 Å².